The third kappa shape index (κ3) is 0.668. The highest BCUT2D eigenvalue weighted by Gasteiger charge is 2.48. The first-order chi connectivity index (χ1) is 5.61. The highest BCUT2D eigenvalue weighted by Crippen LogP contribution is 2.28. The first kappa shape index (κ1) is 7.11. The van der Waals surface area contributed by atoms with Crippen molar-refractivity contribution in [1.82, 2.24) is 0 Å². The van der Waals surface area contributed by atoms with Gasteiger partial charge in [0.2, 0.25) is 0 Å². The van der Waals surface area contributed by atoms with Crippen LogP contribution in [0.15, 0.2) is 11.5 Å². The fourth-order valence-electron chi connectivity index (χ4n) is 1.14. The lowest BCUT2D eigenvalue weighted by Gasteiger charge is -2.04. The van der Waals surface area contributed by atoms with Crippen molar-refractivity contribution in [2.45, 2.75) is 12.1 Å². The fourth-order valence-corrected chi connectivity index (χ4v) is 1.14. The molecule has 64 valence electrons. The van der Waals surface area contributed by atoms with E-state index in [4.69, 9.17) is 11.5 Å². The van der Waals surface area contributed by atoms with Gasteiger partial charge in [0, 0.05) is 0 Å². The summed E-state index contributed by atoms with van der Waals surface area (Å²) in [5.41, 5.74) is 10.4. The monoisotopic (exact) mass is 170 g/mol. The second kappa shape index (κ2) is 1.98. The molecule has 2 heterocycles. The molecule has 0 aromatic heterocycles. The summed E-state index contributed by atoms with van der Waals surface area (Å²) in [5, 5.41) is 0. The van der Waals surface area contributed by atoms with Gasteiger partial charge in [0.1, 0.15) is 6.04 Å². The van der Waals surface area contributed by atoms with Gasteiger partial charge in [-0.15, -0.1) is 0 Å². The van der Waals surface area contributed by atoms with Gasteiger partial charge in [0.15, 0.2) is 17.6 Å². The number of ether oxygens (including phenoxy) is 2. The Hall–Kier alpha value is -1.56. The Morgan fingerprint density at radius 2 is 2.00 bits per heavy atom. The van der Waals surface area contributed by atoms with E-state index in [2.05, 4.69) is 9.47 Å². The second-order valence-corrected chi connectivity index (χ2v) is 2.55. The molecule has 1 saturated heterocycles. The van der Waals surface area contributed by atoms with Gasteiger partial charge in [-0.05, 0) is 0 Å². The van der Waals surface area contributed by atoms with Crippen LogP contribution in [0.5, 0.6) is 0 Å². The first-order valence-electron chi connectivity index (χ1n) is 3.29. The lowest BCUT2D eigenvalue weighted by molar-refractivity contribution is -0.142. The summed E-state index contributed by atoms with van der Waals surface area (Å²) in [7, 11) is 0. The molecule has 0 saturated carbocycles. The van der Waals surface area contributed by atoms with Crippen molar-refractivity contribution < 1.29 is 19.1 Å². The van der Waals surface area contributed by atoms with Crippen molar-refractivity contribution in [3.05, 3.63) is 11.5 Å². The fraction of sp³-hybridized carbons (Fsp3) is 0.333. The minimum atomic E-state index is -0.940. The maximum absolute atomic E-state index is 10.8. The summed E-state index contributed by atoms with van der Waals surface area (Å²) < 4.78 is 9.30. The van der Waals surface area contributed by atoms with Gasteiger partial charge in [-0.3, -0.25) is 0 Å². The van der Waals surface area contributed by atoms with Crippen molar-refractivity contribution in [2.24, 2.45) is 11.5 Å². The summed E-state index contributed by atoms with van der Waals surface area (Å²) in [6, 6.07) is -0.940. The molecule has 2 aliphatic rings. The predicted molar refractivity (Wildman–Crippen MR) is 35.2 cm³/mol. The van der Waals surface area contributed by atoms with E-state index in [1.54, 1.807) is 0 Å². The molecule has 4 N–H and O–H groups in total. The predicted octanol–water partition coefficient (Wildman–Crippen LogP) is -2.03. The van der Waals surface area contributed by atoms with E-state index >= 15 is 0 Å². The number of carbonyl (C=O) groups is 2. The van der Waals surface area contributed by atoms with E-state index in [9.17, 15) is 9.59 Å². The van der Waals surface area contributed by atoms with Gasteiger partial charge in [0.05, 0.1) is 0 Å². The Morgan fingerprint density at radius 1 is 1.33 bits per heavy atom. The molecule has 0 radical (unpaired) electrons. The van der Waals surface area contributed by atoms with Crippen molar-refractivity contribution >= 4 is 11.9 Å². The molecule has 0 spiro atoms. The Balaban J connectivity index is 2.42. The zero-order chi connectivity index (χ0) is 8.88. The second-order valence-electron chi connectivity index (χ2n) is 2.55. The lowest BCUT2D eigenvalue weighted by atomic mass is 10.2. The molecule has 2 atom stereocenters. The SMILES string of the molecule is NC1=C2OC(=O)C(N)[C@H]2OC1=O. The largest absolute Gasteiger partial charge is 0.447 e. The van der Waals surface area contributed by atoms with Crippen LogP contribution in [0.4, 0.5) is 0 Å². The average molecular weight is 170 g/mol. The number of esters is 2. The third-order valence-electron chi connectivity index (χ3n) is 1.79. The Labute approximate surface area is 67.1 Å². The number of hydrogen-bond donors (Lipinski definition) is 2. The van der Waals surface area contributed by atoms with E-state index in [0.717, 1.165) is 0 Å². The summed E-state index contributed by atoms with van der Waals surface area (Å²) in [4.78, 5) is 21.6. The molecule has 1 fully saturated rings. The van der Waals surface area contributed by atoms with Gasteiger partial charge < -0.3 is 20.9 Å². The maximum Gasteiger partial charge on any atom is 0.358 e. The first-order valence-corrected chi connectivity index (χ1v) is 3.29. The lowest BCUT2D eigenvalue weighted by Crippen LogP contribution is -2.36. The van der Waals surface area contributed by atoms with Crippen molar-refractivity contribution in [3.8, 4) is 0 Å². The van der Waals surface area contributed by atoms with Crippen LogP contribution in [0.25, 0.3) is 0 Å². The van der Waals surface area contributed by atoms with Gasteiger partial charge >= 0.3 is 11.9 Å². The minimum Gasteiger partial charge on any atom is -0.447 e. The molecule has 0 aromatic carbocycles. The van der Waals surface area contributed by atoms with Crippen LogP contribution < -0.4 is 11.5 Å². The summed E-state index contributed by atoms with van der Waals surface area (Å²) in [5.74, 6) is -1.25. The molecule has 0 aliphatic carbocycles. The molecule has 0 amide bonds. The summed E-state index contributed by atoms with van der Waals surface area (Å²) in [6.07, 6.45) is -0.815. The van der Waals surface area contributed by atoms with E-state index in [-0.39, 0.29) is 11.5 Å². The molecule has 6 heteroatoms. The van der Waals surface area contributed by atoms with E-state index in [0.29, 0.717) is 0 Å². The van der Waals surface area contributed by atoms with Crippen LogP contribution in [-0.4, -0.2) is 24.1 Å². The number of hydrogen-bond acceptors (Lipinski definition) is 6. The Bertz CT molecular complexity index is 309. The van der Waals surface area contributed by atoms with Crippen LogP contribution in [-0.2, 0) is 19.1 Å². The molecule has 12 heavy (non-hydrogen) atoms. The quantitative estimate of drug-likeness (QED) is 0.406. The zero-order valence-electron chi connectivity index (χ0n) is 5.94. The van der Waals surface area contributed by atoms with Crippen molar-refractivity contribution in [2.75, 3.05) is 0 Å². The summed E-state index contributed by atoms with van der Waals surface area (Å²) >= 11 is 0. The smallest absolute Gasteiger partial charge is 0.358 e. The normalized spacial score (nSPS) is 33.4. The molecule has 1 unspecified atom stereocenters. The number of carbonyl (C=O) groups excluding carboxylic acids is 2. The number of rotatable bonds is 0. The average Bonchev–Trinajstić information content (AvgIpc) is 2.43. The van der Waals surface area contributed by atoms with Gasteiger partial charge in [-0.1, -0.05) is 0 Å². The van der Waals surface area contributed by atoms with E-state index < -0.39 is 24.1 Å². The molecular weight excluding hydrogens is 164 g/mol. The highest BCUT2D eigenvalue weighted by atomic mass is 16.6. The Kier molecular flexibility index (Phi) is 1.17. The van der Waals surface area contributed by atoms with Gasteiger partial charge in [-0.25, -0.2) is 9.59 Å². The summed E-state index contributed by atoms with van der Waals surface area (Å²) in [6.45, 7) is 0. The third-order valence-corrected chi connectivity index (χ3v) is 1.79. The molecular formula is C6H6N2O4. The van der Waals surface area contributed by atoms with E-state index in [1.807, 2.05) is 0 Å². The van der Waals surface area contributed by atoms with Crippen LogP contribution in [0.1, 0.15) is 0 Å². The van der Waals surface area contributed by atoms with Crippen LogP contribution in [0.3, 0.4) is 0 Å². The molecule has 2 aliphatic heterocycles. The zero-order valence-corrected chi connectivity index (χ0v) is 5.94. The Morgan fingerprint density at radius 3 is 2.58 bits per heavy atom. The molecule has 0 bridgehead atoms. The molecule has 0 aromatic rings. The van der Waals surface area contributed by atoms with Crippen LogP contribution in [0.2, 0.25) is 0 Å². The van der Waals surface area contributed by atoms with Gasteiger partial charge in [-0.2, -0.15) is 0 Å². The molecule has 6 nitrogen and oxygen atoms in total. The number of fused-ring (bicyclic) bond motifs is 1. The van der Waals surface area contributed by atoms with Crippen LogP contribution in [0, 0.1) is 0 Å². The number of nitrogens with two attached hydrogens (primary N) is 2. The molecule has 2 rings (SSSR count). The van der Waals surface area contributed by atoms with Crippen molar-refractivity contribution in [3.63, 3.8) is 0 Å². The minimum absolute atomic E-state index is 0.0532. The standard InChI is InChI=1S/C6H6N2O4/c7-1-3-4(12-5(1)9)2(8)6(10)11-3/h1,3H,7-8H2/t1?,3-/m1/s1. The topological polar surface area (TPSA) is 105 Å². The van der Waals surface area contributed by atoms with Gasteiger partial charge in [0.25, 0.3) is 0 Å². The maximum atomic E-state index is 10.8. The highest BCUT2D eigenvalue weighted by molar-refractivity contribution is 5.95. The van der Waals surface area contributed by atoms with Crippen LogP contribution >= 0.6 is 0 Å². The van der Waals surface area contributed by atoms with E-state index in [1.165, 1.54) is 0 Å². The van der Waals surface area contributed by atoms with Crippen molar-refractivity contribution in [1.29, 1.82) is 0 Å².